The van der Waals surface area contributed by atoms with Crippen LogP contribution >= 0.6 is 0 Å². The third-order valence-electron chi connectivity index (χ3n) is 7.23. The van der Waals surface area contributed by atoms with Crippen LogP contribution in [0.1, 0.15) is 80.0 Å². The first-order valence-corrected chi connectivity index (χ1v) is 13.9. The molecule has 0 aromatic heterocycles. The number of benzene rings is 3. The van der Waals surface area contributed by atoms with Gasteiger partial charge in [0.1, 0.15) is 11.5 Å². The number of Topliss-reactive ketones (excluding diaryl/α,β-unsaturated/α-hetero) is 1. The van der Waals surface area contributed by atoms with E-state index in [0.717, 1.165) is 24.8 Å². The number of ketones is 1. The van der Waals surface area contributed by atoms with Crippen LogP contribution in [0.2, 0.25) is 0 Å². The summed E-state index contributed by atoms with van der Waals surface area (Å²) in [4.78, 5) is 40.6. The lowest BCUT2D eigenvalue weighted by Crippen LogP contribution is -2.29. The van der Waals surface area contributed by atoms with E-state index in [1.54, 1.807) is 42.5 Å². The van der Waals surface area contributed by atoms with E-state index < -0.39 is 23.7 Å². The zero-order valence-electron chi connectivity index (χ0n) is 24.3. The van der Waals surface area contributed by atoms with Crippen molar-refractivity contribution in [3.05, 3.63) is 101 Å². The maximum atomic E-state index is 13.5. The minimum absolute atomic E-state index is 0.0291. The number of hydrogen-bond acceptors (Lipinski definition) is 6. The summed E-state index contributed by atoms with van der Waals surface area (Å²) >= 11 is 0. The van der Waals surface area contributed by atoms with Crippen molar-refractivity contribution in [2.75, 3.05) is 18.6 Å². The average Bonchev–Trinajstić information content (AvgIpc) is 3.24. The van der Waals surface area contributed by atoms with Crippen LogP contribution in [-0.4, -0.2) is 36.5 Å². The summed E-state index contributed by atoms with van der Waals surface area (Å²) in [6.07, 6.45) is 3.13. The minimum atomic E-state index is -0.915. The summed E-state index contributed by atoms with van der Waals surface area (Å²) in [6.45, 7) is 9.03. The van der Waals surface area contributed by atoms with Gasteiger partial charge in [0, 0.05) is 11.3 Å². The molecule has 7 nitrogen and oxygen atoms in total. The van der Waals surface area contributed by atoms with Gasteiger partial charge >= 0.3 is 5.97 Å². The standard InChI is InChI=1S/C34H37NO6/c1-6-7-8-20-41-27-18-14-23(15-19-27)30(36)28-29(22-12-16-25(17-13-22)34(2,3)4)35(32(38)31(28)37)26-11-9-10-24(21-26)33(39)40-5/h9-19,21,29,36H,6-8,20H2,1-5H3/b30-28+. The Morgan fingerprint density at radius 1 is 0.927 bits per heavy atom. The predicted octanol–water partition coefficient (Wildman–Crippen LogP) is 6.97. The molecule has 3 aromatic carbocycles. The average molecular weight is 556 g/mol. The van der Waals surface area contributed by atoms with Gasteiger partial charge in [0.2, 0.25) is 0 Å². The van der Waals surface area contributed by atoms with Gasteiger partial charge in [0.05, 0.1) is 30.9 Å². The monoisotopic (exact) mass is 555 g/mol. The number of esters is 1. The lowest BCUT2D eigenvalue weighted by Gasteiger charge is -2.27. The zero-order valence-corrected chi connectivity index (χ0v) is 24.3. The first-order valence-electron chi connectivity index (χ1n) is 13.9. The van der Waals surface area contributed by atoms with E-state index in [1.807, 2.05) is 24.3 Å². The van der Waals surface area contributed by atoms with Gasteiger partial charge in [-0.05, 0) is 65.4 Å². The van der Waals surface area contributed by atoms with Gasteiger partial charge in [-0.15, -0.1) is 0 Å². The van der Waals surface area contributed by atoms with Gasteiger partial charge < -0.3 is 14.6 Å². The highest BCUT2D eigenvalue weighted by Gasteiger charge is 2.47. The Balaban J connectivity index is 1.80. The van der Waals surface area contributed by atoms with Crippen molar-refractivity contribution in [1.82, 2.24) is 0 Å². The molecule has 3 aromatic rings. The number of methoxy groups -OCH3 is 1. The summed E-state index contributed by atoms with van der Waals surface area (Å²) < 4.78 is 10.6. The molecule has 0 spiro atoms. The first-order chi connectivity index (χ1) is 19.6. The van der Waals surface area contributed by atoms with Crippen LogP contribution < -0.4 is 9.64 Å². The van der Waals surface area contributed by atoms with Gasteiger partial charge in [-0.25, -0.2) is 4.79 Å². The second-order valence-corrected chi connectivity index (χ2v) is 11.2. The molecule has 0 bridgehead atoms. The SMILES string of the molecule is CCCCCOc1ccc(/C(O)=C2\C(=O)C(=O)N(c3cccc(C(=O)OC)c3)C2c2ccc(C(C)(C)C)cc2)cc1. The maximum Gasteiger partial charge on any atom is 0.337 e. The van der Waals surface area contributed by atoms with Crippen LogP contribution in [0.3, 0.4) is 0 Å². The molecule has 1 N–H and O–H groups in total. The Kier molecular flexibility index (Phi) is 8.96. The van der Waals surface area contributed by atoms with Crippen molar-refractivity contribution in [3.63, 3.8) is 0 Å². The summed E-state index contributed by atoms with van der Waals surface area (Å²) in [5.74, 6) is -1.79. The van der Waals surface area contributed by atoms with Crippen LogP contribution in [0, 0.1) is 0 Å². The highest BCUT2D eigenvalue weighted by Crippen LogP contribution is 2.43. The van der Waals surface area contributed by atoms with Gasteiger partial charge in [0.25, 0.3) is 11.7 Å². The number of anilines is 1. The fourth-order valence-electron chi connectivity index (χ4n) is 4.89. The summed E-state index contributed by atoms with van der Waals surface area (Å²) in [6, 6.07) is 19.9. The number of amides is 1. The number of carbonyl (C=O) groups is 3. The highest BCUT2D eigenvalue weighted by molar-refractivity contribution is 6.51. The van der Waals surface area contributed by atoms with E-state index in [1.165, 1.54) is 18.1 Å². The minimum Gasteiger partial charge on any atom is -0.507 e. The van der Waals surface area contributed by atoms with E-state index >= 15 is 0 Å². The Bertz CT molecular complexity index is 1450. The van der Waals surface area contributed by atoms with Gasteiger partial charge in [-0.2, -0.15) is 0 Å². The molecule has 0 radical (unpaired) electrons. The normalized spacial score (nSPS) is 16.6. The number of ether oxygens (including phenoxy) is 2. The van der Waals surface area contributed by atoms with Crippen LogP contribution in [0.5, 0.6) is 5.75 Å². The molecule has 1 unspecified atom stereocenters. The number of hydrogen-bond donors (Lipinski definition) is 1. The van der Waals surface area contributed by atoms with Crippen molar-refractivity contribution in [2.45, 2.75) is 58.4 Å². The van der Waals surface area contributed by atoms with Crippen LogP contribution in [-0.2, 0) is 19.7 Å². The number of unbranched alkanes of at least 4 members (excludes halogenated alkanes) is 2. The van der Waals surface area contributed by atoms with E-state index in [4.69, 9.17) is 9.47 Å². The highest BCUT2D eigenvalue weighted by atomic mass is 16.5. The molecule has 1 aliphatic rings. The van der Waals surface area contributed by atoms with Gasteiger partial charge in [0.15, 0.2) is 0 Å². The van der Waals surface area contributed by atoms with Crippen molar-refractivity contribution in [1.29, 1.82) is 0 Å². The van der Waals surface area contributed by atoms with Crippen LogP contribution in [0.4, 0.5) is 5.69 Å². The van der Waals surface area contributed by atoms with Crippen molar-refractivity contribution >= 4 is 29.1 Å². The fourth-order valence-corrected chi connectivity index (χ4v) is 4.89. The van der Waals surface area contributed by atoms with E-state index in [-0.39, 0.29) is 22.3 Å². The second-order valence-electron chi connectivity index (χ2n) is 11.2. The van der Waals surface area contributed by atoms with E-state index in [0.29, 0.717) is 29.2 Å². The smallest absolute Gasteiger partial charge is 0.337 e. The molecular formula is C34H37NO6. The van der Waals surface area contributed by atoms with Crippen LogP contribution in [0.15, 0.2) is 78.4 Å². The number of carbonyl (C=O) groups excluding carboxylic acids is 3. The van der Waals surface area contributed by atoms with Crippen molar-refractivity contribution in [3.8, 4) is 5.75 Å². The zero-order chi connectivity index (χ0) is 29.7. The molecule has 1 fully saturated rings. The van der Waals surface area contributed by atoms with Crippen molar-refractivity contribution in [2.24, 2.45) is 0 Å². The molecule has 41 heavy (non-hydrogen) atoms. The Morgan fingerprint density at radius 3 is 2.22 bits per heavy atom. The molecule has 7 heteroatoms. The fraction of sp³-hybridized carbons (Fsp3) is 0.324. The molecule has 4 rings (SSSR count). The number of rotatable bonds is 9. The summed E-state index contributed by atoms with van der Waals surface area (Å²) in [5.41, 5.74) is 2.58. The summed E-state index contributed by atoms with van der Waals surface area (Å²) in [7, 11) is 1.28. The van der Waals surface area contributed by atoms with Crippen molar-refractivity contribution < 1.29 is 29.0 Å². The molecule has 1 heterocycles. The molecule has 1 amide bonds. The van der Waals surface area contributed by atoms with E-state index in [9.17, 15) is 19.5 Å². The molecular weight excluding hydrogens is 518 g/mol. The second kappa shape index (κ2) is 12.4. The number of nitrogens with zero attached hydrogens (tertiary/aromatic N) is 1. The molecule has 1 saturated heterocycles. The largest absolute Gasteiger partial charge is 0.507 e. The van der Waals surface area contributed by atoms with E-state index in [2.05, 4.69) is 27.7 Å². The van der Waals surface area contributed by atoms with Gasteiger partial charge in [-0.1, -0.05) is 70.9 Å². The molecule has 0 saturated carbocycles. The maximum absolute atomic E-state index is 13.5. The summed E-state index contributed by atoms with van der Waals surface area (Å²) in [5, 5.41) is 11.5. The topological polar surface area (TPSA) is 93.1 Å². The number of aliphatic hydroxyl groups excluding tert-OH is 1. The molecule has 214 valence electrons. The molecule has 0 aliphatic carbocycles. The number of aliphatic hydroxyl groups is 1. The molecule has 1 aliphatic heterocycles. The third-order valence-corrected chi connectivity index (χ3v) is 7.23. The third kappa shape index (κ3) is 6.35. The van der Waals surface area contributed by atoms with Crippen LogP contribution in [0.25, 0.3) is 5.76 Å². The molecule has 1 atom stereocenters. The predicted molar refractivity (Wildman–Crippen MR) is 159 cm³/mol. The quantitative estimate of drug-likeness (QED) is 0.101. The Morgan fingerprint density at radius 2 is 1.61 bits per heavy atom. The lowest BCUT2D eigenvalue weighted by atomic mass is 9.85. The van der Waals surface area contributed by atoms with Gasteiger partial charge in [-0.3, -0.25) is 14.5 Å². The first kappa shape index (κ1) is 29.6. The lowest BCUT2D eigenvalue weighted by molar-refractivity contribution is -0.132. The Labute approximate surface area is 241 Å². The Hall–Kier alpha value is -4.39.